The Labute approximate surface area is 91.9 Å². The number of hydrogen-bond acceptors (Lipinski definition) is 2. The van der Waals surface area contributed by atoms with E-state index < -0.39 is 11.7 Å². The van der Waals surface area contributed by atoms with E-state index in [0.717, 1.165) is 18.3 Å². The maximum Gasteiger partial charge on any atom is 0.416 e. The second-order valence-electron chi connectivity index (χ2n) is 3.38. The zero-order valence-electron chi connectivity index (χ0n) is 8.67. The Morgan fingerprint density at radius 1 is 1.56 bits per heavy atom. The molecule has 1 aromatic heterocycles. The molecule has 1 atom stereocenters. The van der Waals surface area contributed by atoms with Gasteiger partial charge in [0.1, 0.15) is 5.82 Å². The van der Waals surface area contributed by atoms with Crippen LogP contribution in [0.15, 0.2) is 18.3 Å². The molecule has 1 heterocycles. The van der Waals surface area contributed by atoms with Crippen molar-refractivity contribution in [3.63, 3.8) is 0 Å². The molecular formula is C11H11F3N2. The van der Waals surface area contributed by atoms with Crippen LogP contribution in [0.2, 0.25) is 0 Å². The van der Waals surface area contributed by atoms with Gasteiger partial charge in [-0.3, -0.25) is 0 Å². The molecule has 86 valence electrons. The Balaban J connectivity index is 2.80. The van der Waals surface area contributed by atoms with Crippen LogP contribution in [-0.4, -0.2) is 11.0 Å². The Kier molecular flexibility index (Phi) is 3.78. The molecule has 0 fully saturated rings. The average Bonchev–Trinajstić information content (AvgIpc) is 2.17. The summed E-state index contributed by atoms with van der Waals surface area (Å²) in [6.07, 6.45) is 2.29. The van der Waals surface area contributed by atoms with Crippen molar-refractivity contribution in [1.82, 2.24) is 4.98 Å². The molecule has 0 aromatic carbocycles. The highest BCUT2D eigenvalue weighted by atomic mass is 19.4. The Morgan fingerprint density at radius 3 is 2.81 bits per heavy atom. The molecule has 0 aliphatic carbocycles. The molecule has 0 aliphatic rings. The van der Waals surface area contributed by atoms with Crippen molar-refractivity contribution < 1.29 is 13.2 Å². The van der Waals surface area contributed by atoms with E-state index in [-0.39, 0.29) is 11.9 Å². The highest BCUT2D eigenvalue weighted by Crippen LogP contribution is 2.29. The number of rotatable bonds is 3. The molecule has 1 rings (SSSR count). The number of terminal acetylenes is 1. The van der Waals surface area contributed by atoms with Gasteiger partial charge in [0.2, 0.25) is 0 Å². The number of nitrogens with zero attached hydrogens (tertiary/aromatic N) is 1. The van der Waals surface area contributed by atoms with Gasteiger partial charge in [-0.2, -0.15) is 13.2 Å². The molecule has 0 saturated heterocycles. The molecule has 0 amide bonds. The molecule has 1 N–H and O–H groups in total. The van der Waals surface area contributed by atoms with Gasteiger partial charge in [-0.1, -0.05) is 0 Å². The number of pyridine rings is 1. The summed E-state index contributed by atoms with van der Waals surface area (Å²) in [6.45, 7) is 1.78. The van der Waals surface area contributed by atoms with Gasteiger partial charge in [0.15, 0.2) is 0 Å². The van der Waals surface area contributed by atoms with Gasteiger partial charge in [0.05, 0.1) is 5.56 Å². The van der Waals surface area contributed by atoms with Crippen LogP contribution < -0.4 is 5.32 Å². The smallest absolute Gasteiger partial charge is 0.367 e. The molecular weight excluding hydrogens is 217 g/mol. The minimum Gasteiger partial charge on any atom is -0.367 e. The lowest BCUT2D eigenvalue weighted by Gasteiger charge is -2.13. The molecule has 0 aliphatic heterocycles. The maximum atomic E-state index is 12.4. The van der Waals surface area contributed by atoms with Gasteiger partial charge >= 0.3 is 6.18 Å². The van der Waals surface area contributed by atoms with E-state index in [9.17, 15) is 13.2 Å². The summed E-state index contributed by atoms with van der Waals surface area (Å²) < 4.78 is 37.1. The Hall–Kier alpha value is -1.70. The normalized spacial score (nSPS) is 12.9. The van der Waals surface area contributed by atoms with Crippen molar-refractivity contribution in [2.45, 2.75) is 25.6 Å². The van der Waals surface area contributed by atoms with Gasteiger partial charge in [0, 0.05) is 18.7 Å². The Morgan fingerprint density at radius 2 is 2.25 bits per heavy atom. The van der Waals surface area contributed by atoms with Crippen LogP contribution >= 0.6 is 0 Å². The van der Waals surface area contributed by atoms with Gasteiger partial charge in [0.25, 0.3) is 0 Å². The van der Waals surface area contributed by atoms with Crippen LogP contribution in [0.25, 0.3) is 0 Å². The molecule has 0 bridgehead atoms. The minimum atomic E-state index is -4.35. The van der Waals surface area contributed by atoms with Gasteiger partial charge in [-0.05, 0) is 19.1 Å². The molecule has 0 radical (unpaired) electrons. The molecule has 1 aromatic rings. The number of aromatic nitrogens is 1. The van der Waals surface area contributed by atoms with E-state index in [1.165, 1.54) is 0 Å². The monoisotopic (exact) mass is 228 g/mol. The van der Waals surface area contributed by atoms with Crippen molar-refractivity contribution in [1.29, 1.82) is 0 Å². The second-order valence-corrected chi connectivity index (χ2v) is 3.38. The highest BCUT2D eigenvalue weighted by Gasteiger charge is 2.30. The zero-order valence-corrected chi connectivity index (χ0v) is 8.67. The topological polar surface area (TPSA) is 24.9 Å². The third-order valence-electron chi connectivity index (χ3n) is 1.91. The summed E-state index contributed by atoms with van der Waals surface area (Å²) in [5, 5.41) is 2.80. The van der Waals surface area contributed by atoms with Gasteiger partial charge < -0.3 is 5.32 Å². The SMILES string of the molecule is C#CCC(C)Nc1cc(C(F)(F)F)ccn1. The first-order valence-electron chi connectivity index (χ1n) is 4.66. The van der Waals surface area contributed by atoms with Crippen molar-refractivity contribution in [2.75, 3.05) is 5.32 Å². The molecule has 16 heavy (non-hydrogen) atoms. The summed E-state index contributed by atoms with van der Waals surface area (Å²) >= 11 is 0. The van der Waals surface area contributed by atoms with Crippen LogP contribution in [-0.2, 0) is 6.18 Å². The summed E-state index contributed by atoms with van der Waals surface area (Å²) in [7, 11) is 0. The van der Waals surface area contributed by atoms with E-state index in [2.05, 4.69) is 16.2 Å². The second kappa shape index (κ2) is 4.88. The molecule has 2 nitrogen and oxygen atoms in total. The third-order valence-corrected chi connectivity index (χ3v) is 1.91. The summed E-state index contributed by atoms with van der Waals surface area (Å²) in [6, 6.07) is 1.78. The van der Waals surface area contributed by atoms with Crippen LogP contribution in [0.5, 0.6) is 0 Å². The van der Waals surface area contributed by atoms with Crippen LogP contribution in [0, 0.1) is 12.3 Å². The van der Waals surface area contributed by atoms with Crippen molar-refractivity contribution in [2.24, 2.45) is 0 Å². The fourth-order valence-electron chi connectivity index (χ4n) is 1.17. The summed E-state index contributed by atoms with van der Waals surface area (Å²) in [4.78, 5) is 3.80. The van der Waals surface area contributed by atoms with E-state index in [1.807, 2.05) is 0 Å². The zero-order chi connectivity index (χ0) is 12.2. The average molecular weight is 228 g/mol. The standard InChI is InChI=1S/C11H11F3N2/c1-3-4-8(2)16-10-7-9(5-6-15-10)11(12,13)14/h1,5-8H,4H2,2H3,(H,15,16). The van der Waals surface area contributed by atoms with Crippen molar-refractivity contribution in [3.05, 3.63) is 23.9 Å². The molecule has 0 saturated carbocycles. The fourth-order valence-corrected chi connectivity index (χ4v) is 1.17. The molecule has 5 heteroatoms. The van der Waals surface area contributed by atoms with E-state index in [0.29, 0.717) is 6.42 Å². The van der Waals surface area contributed by atoms with E-state index in [1.54, 1.807) is 6.92 Å². The quantitative estimate of drug-likeness (QED) is 0.804. The van der Waals surface area contributed by atoms with Crippen LogP contribution in [0.1, 0.15) is 18.9 Å². The number of alkyl halides is 3. The molecule has 0 spiro atoms. The summed E-state index contributed by atoms with van der Waals surface area (Å²) in [5.41, 5.74) is -0.724. The van der Waals surface area contributed by atoms with Crippen LogP contribution in [0.4, 0.5) is 19.0 Å². The number of anilines is 1. The Bertz CT molecular complexity index is 393. The van der Waals surface area contributed by atoms with E-state index in [4.69, 9.17) is 6.42 Å². The number of hydrogen-bond donors (Lipinski definition) is 1. The minimum absolute atomic E-state index is 0.110. The lowest BCUT2D eigenvalue weighted by atomic mass is 10.2. The lowest BCUT2D eigenvalue weighted by Crippen LogP contribution is -2.16. The predicted molar refractivity (Wildman–Crippen MR) is 55.8 cm³/mol. The molecule has 1 unspecified atom stereocenters. The van der Waals surface area contributed by atoms with Gasteiger partial charge in [-0.25, -0.2) is 4.98 Å². The largest absolute Gasteiger partial charge is 0.416 e. The predicted octanol–water partition coefficient (Wildman–Crippen LogP) is 2.92. The maximum absolute atomic E-state index is 12.4. The van der Waals surface area contributed by atoms with Crippen molar-refractivity contribution in [3.8, 4) is 12.3 Å². The summed E-state index contributed by atoms with van der Waals surface area (Å²) in [5.74, 6) is 2.60. The highest BCUT2D eigenvalue weighted by molar-refractivity contribution is 5.39. The first-order valence-corrected chi connectivity index (χ1v) is 4.66. The fraction of sp³-hybridized carbons (Fsp3) is 0.364. The van der Waals surface area contributed by atoms with Crippen LogP contribution in [0.3, 0.4) is 0 Å². The number of halogens is 3. The van der Waals surface area contributed by atoms with E-state index >= 15 is 0 Å². The first kappa shape index (κ1) is 12.4. The van der Waals surface area contributed by atoms with Crippen molar-refractivity contribution >= 4 is 5.82 Å². The number of nitrogens with one attached hydrogen (secondary N) is 1. The lowest BCUT2D eigenvalue weighted by molar-refractivity contribution is -0.137. The first-order chi connectivity index (χ1) is 7.43. The van der Waals surface area contributed by atoms with Gasteiger partial charge in [-0.15, -0.1) is 12.3 Å². The third kappa shape index (κ3) is 3.46.